The second-order valence-corrected chi connectivity index (χ2v) is 0.962. The smallest absolute Gasteiger partial charge is 0.412 e. The van der Waals surface area contributed by atoms with Gasteiger partial charge in [-0.15, -0.1) is 0 Å². The van der Waals surface area contributed by atoms with E-state index in [-0.39, 0.29) is 40.9 Å². The molecular formula is C6H14MnO3. The van der Waals surface area contributed by atoms with E-state index < -0.39 is 0 Å². The maximum absolute atomic E-state index is 2.00. The molecule has 0 bridgehead atoms. The summed E-state index contributed by atoms with van der Waals surface area (Å²) in [6, 6.07) is 10.0. The van der Waals surface area contributed by atoms with Crippen molar-refractivity contribution in [3.8, 4) is 0 Å². The molecule has 1 rings (SSSR count). The first-order chi connectivity index (χ1) is 2.50. The molecule has 0 spiro atoms. The molecule has 4 heteroatoms. The quantitative estimate of drug-likeness (QED) is 0.384. The Labute approximate surface area is 71.8 Å². The summed E-state index contributed by atoms with van der Waals surface area (Å²) >= 11 is 0. The van der Waals surface area contributed by atoms with Gasteiger partial charge in [0.25, 0.3) is 0 Å². The maximum atomic E-state index is 2.00. The van der Waals surface area contributed by atoms with Crippen molar-refractivity contribution in [3.05, 3.63) is 37.8 Å². The van der Waals surface area contributed by atoms with Crippen LogP contribution in [0.3, 0.4) is 0 Å². The molecule has 0 heterocycles. The van der Waals surface area contributed by atoms with Crippen LogP contribution in [-0.4, -0.2) is 16.4 Å². The van der Waals surface area contributed by atoms with Crippen molar-refractivity contribution in [1.29, 1.82) is 0 Å². The summed E-state index contributed by atoms with van der Waals surface area (Å²) in [7, 11) is 0. The zero-order chi connectivity index (χ0) is 3.54. The van der Waals surface area contributed by atoms with Gasteiger partial charge in [0.1, 0.15) is 0 Å². The van der Waals surface area contributed by atoms with Gasteiger partial charge in [0.15, 0.2) is 0 Å². The summed E-state index contributed by atoms with van der Waals surface area (Å²) in [5.74, 6) is 0. The third-order valence-electron chi connectivity index (χ3n) is 0.556. The zero-order valence-corrected chi connectivity index (χ0v) is 6.95. The van der Waals surface area contributed by atoms with E-state index in [0.29, 0.717) is 0 Å². The Balaban J connectivity index is -0.0000000167. The standard InChI is InChI=1S/C5H5.CH3.Mn.3H2O/c1-2-4-5-3-1;;;;;/h1-5H;1H3;;3*1H2/q2*-1;+2;;;. The van der Waals surface area contributed by atoms with E-state index in [1.807, 2.05) is 30.3 Å². The van der Waals surface area contributed by atoms with E-state index in [2.05, 4.69) is 0 Å². The summed E-state index contributed by atoms with van der Waals surface area (Å²) in [4.78, 5) is 0. The predicted molar refractivity (Wildman–Crippen MR) is 39.3 cm³/mol. The van der Waals surface area contributed by atoms with E-state index in [4.69, 9.17) is 0 Å². The van der Waals surface area contributed by atoms with Crippen LogP contribution in [0.4, 0.5) is 0 Å². The Morgan fingerprint density at radius 1 is 0.800 bits per heavy atom. The fraction of sp³-hybridized carbons (Fsp3) is 0. The second kappa shape index (κ2) is 23.3. The van der Waals surface area contributed by atoms with Gasteiger partial charge in [-0.25, -0.2) is 12.1 Å². The Hall–Kier alpha value is -0.251. The Kier molecular flexibility index (Phi) is 77.1. The number of rotatable bonds is 0. The van der Waals surface area contributed by atoms with Crippen molar-refractivity contribution < 1.29 is 33.5 Å². The molecule has 1 aromatic carbocycles. The van der Waals surface area contributed by atoms with Gasteiger partial charge < -0.3 is 23.9 Å². The first kappa shape index (κ1) is 33.1. The Morgan fingerprint density at radius 3 is 1.20 bits per heavy atom. The summed E-state index contributed by atoms with van der Waals surface area (Å²) in [5.41, 5.74) is 0. The molecule has 1 aromatic rings. The maximum Gasteiger partial charge on any atom is 2.00 e. The largest absolute Gasteiger partial charge is 2.00 e. The zero-order valence-electron chi connectivity index (χ0n) is 5.76. The van der Waals surface area contributed by atoms with E-state index in [1.165, 1.54) is 0 Å². The molecule has 3 nitrogen and oxygen atoms in total. The van der Waals surface area contributed by atoms with Gasteiger partial charge in [0, 0.05) is 0 Å². The molecule has 10 heavy (non-hydrogen) atoms. The van der Waals surface area contributed by atoms with Crippen LogP contribution in [0.2, 0.25) is 0 Å². The summed E-state index contributed by atoms with van der Waals surface area (Å²) in [6.45, 7) is 0. The summed E-state index contributed by atoms with van der Waals surface area (Å²) < 4.78 is 0. The van der Waals surface area contributed by atoms with Crippen LogP contribution in [0.1, 0.15) is 0 Å². The van der Waals surface area contributed by atoms with Gasteiger partial charge >= 0.3 is 17.1 Å². The van der Waals surface area contributed by atoms with Crippen LogP contribution < -0.4 is 0 Å². The van der Waals surface area contributed by atoms with Gasteiger partial charge in [-0.2, -0.15) is 18.2 Å². The summed E-state index contributed by atoms with van der Waals surface area (Å²) in [5, 5.41) is 0. The molecule has 0 saturated carbocycles. The minimum Gasteiger partial charge on any atom is -0.412 e. The molecule has 0 unspecified atom stereocenters. The third-order valence-corrected chi connectivity index (χ3v) is 0.556. The van der Waals surface area contributed by atoms with Crippen LogP contribution in [-0.2, 0) is 17.1 Å². The van der Waals surface area contributed by atoms with Gasteiger partial charge in [-0.1, -0.05) is 0 Å². The van der Waals surface area contributed by atoms with E-state index in [1.54, 1.807) is 0 Å². The predicted octanol–water partition coefficient (Wildman–Crippen LogP) is -0.621. The van der Waals surface area contributed by atoms with E-state index in [0.717, 1.165) is 0 Å². The molecule has 0 aliphatic carbocycles. The topological polar surface area (TPSA) is 94.5 Å². The normalized spacial score (nSPS) is 4.00. The molecule has 0 aromatic heterocycles. The van der Waals surface area contributed by atoms with Crippen LogP contribution in [0.15, 0.2) is 30.3 Å². The van der Waals surface area contributed by atoms with E-state index in [9.17, 15) is 0 Å². The molecule has 0 amide bonds. The van der Waals surface area contributed by atoms with Gasteiger partial charge in [0.2, 0.25) is 0 Å². The monoisotopic (exact) mass is 189 g/mol. The van der Waals surface area contributed by atoms with Crippen LogP contribution in [0.25, 0.3) is 0 Å². The molecule has 0 atom stereocenters. The van der Waals surface area contributed by atoms with Crippen molar-refractivity contribution >= 4 is 0 Å². The Morgan fingerprint density at radius 2 is 1.10 bits per heavy atom. The third kappa shape index (κ3) is 15.7. The van der Waals surface area contributed by atoms with Crippen molar-refractivity contribution in [2.75, 3.05) is 0 Å². The van der Waals surface area contributed by atoms with Crippen LogP contribution >= 0.6 is 0 Å². The van der Waals surface area contributed by atoms with Crippen molar-refractivity contribution in [2.45, 2.75) is 0 Å². The average Bonchev–Trinajstić information content (AvgIpc) is 1.76. The SMILES string of the molecule is O.O.O.[CH3-].[Mn+2].c1cc[cH-]c1. The van der Waals surface area contributed by atoms with Crippen LogP contribution in [0, 0.1) is 7.43 Å². The van der Waals surface area contributed by atoms with Crippen molar-refractivity contribution in [2.24, 2.45) is 0 Å². The molecule has 0 aliphatic rings. The number of hydrogen-bond acceptors (Lipinski definition) is 0. The molecule has 63 valence electrons. The average molecular weight is 189 g/mol. The first-order valence-corrected chi connectivity index (χ1v) is 1.67. The fourth-order valence-corrected chi connectivity index (χ4v) is 0.321. The minimum atomic E-state index is 0. The van der Waals surface area contributed by atoms with Gasteiger partial charge in [-0.3, -0.25) is 0 Å². The first-order valence-electron chi connectivity index (χ1n) is 1.67. The molecule has 1 radical (unpaired) electrons. The Bertz CT molecular complexity index is 69.5. The fourth-order valence-electron chi connectivity index (χ4n) is 0.321. The second-order valence-electron chi connectivity index (χ2n) is 0.962. The minimum absolute atomic E-state index is 0. The molecule has 6 N–H and O–H groups in total. The summed E-state index contributed by atoms with van der Waals surface area (Å²) in [6.07, 6.45) is 0. The van der Waals surface area contributed by atoms with Crippen molar-refractivity contribution in [3.63, 3.8) is 0 Å². The molecule has 0 aliphatic heterocycles. The van der Waals surface area contributed by atoms with Crippen LogP contribution in [0.5, 0.6) is 0 Å². The molecule has 0 saturated heterocycles. The molecular weight excluding hydrogens is 175 g/mol. The molecule has 0 fully saturated rings. The number of hydrogen-bond donors (Lipinski definition) is 0. The van der Waals surface area contributed by atoms with Gasteiger partial charge in [0.05, 0.1) is 0 Å². The van der Waals surface area contributed by atoms with Gasteiger partial charge in [-0.05, 0) is 0 Å². The van der Waals surface area contributed by atoms with E-state index >= 15 is 0 Å². The van der Waals surface area contributed by atoms with Crippen molar-refractivity contribution in [1.82, 2.24) is 0 Å².